The number of hydrogen-bond donors (Lipinski definition) is 0. The van der Waals surface area contributed by atoms with Gasteiger partial charge in [-0.3, -0.25) is 0 Å². The number of hydrogen-bond acceptors (Lipinski definition) is 1. The predicted octanol–water partition coefficient (Wildman–Crippen LogP) is 9.70. The molecule has 3 aliphatic heterocycles. The molecule has 278 valence electrons. The number of benzene rings is 8. The van der Waals surface area contributed by atoms with Crippen LogP contribution in [0.25, 0.3) is 33.4 Å². The molecule has 0 saturated heterocycles. The average molecular weight is 752 g/mol. The van der Waals surface area contributed by atoms with Crippen molar-refractivity contribution in [1.29, 1.82) is 0 Å². The normalized spacial score (nSPS) is 18.5. The van der Waals surface area contributed by atoms with Gasteiger partial charge in [-0.25, -0.2) is 0 Å². The molecule has 0 atom stereocenters. The summed E-state index contributed by atoms with van der Waals surface area (Å²) in [4.78, 5) is 2.82. The van der Waals surface area contributed by atoms with E-state index in [1.807, 2.05) is 0 Å². The standard InChI is InChI=1S/C56H43B2N/c1-35-16-12-24-41(37-18-6-3-7-19-37)51(35)57-45-27-14-26-44-53(45)59-54-46(57)28-15-29-47(54)58(52-36(2)17-13-25-42(52)38-20-8-4-9-21-38)48-34-43(39-22-10-5-11-23-39)49-40-30-32-56(44,33-31-40)50(49)55(48)59/h3-29,34,40H,30-33H2,1-2H3. The zero-order valence-electron chi connectivity index (χ0n) is 33.7. The summed E-state index contributed by atoms with van der Waals surface area (Å²) in [5.41, 5.74) is 28.5. The Bertz CT molecular complexity index is 3030. The minimum absolute atomic E-state index is 0.0261. The van der Waals surface area contributed by atoms with Crippen molar-refractivity contribution < 1.29 is 0 Å². The number of nitrogens with zero attached hydrogens (tertiary/aromatic N) is 1. The first-order chi connectivity index (χ1) is 29.1. The van der Waals surface area contributed by atoms with Crippen molar-refractivity contribution in [1.82, 2.24) is 0 Å². The van der Waals surface area contributed by atoms with Crippen LogP contribution in [0.15, 0.2) is 170 Å². The van der Waals surface area contributed by atoms with Gasteiger partial charge in [-0.15, -0.1) is 0 Å². The Kier molecular flexibility index (Phi) is 7.04. The smallest absolute Gasteiger partial charge is 0.247 e. The highest BCUT2D eigenvalue weighted by Gasteiger charge is 2.57. The van der Waals surface area contributed by atoms with E-state index < -0.39 is 0 Å². The van der Waals surface area contributed by atoms with Gasteiger partial charge in [0.2, 0.25) is 13.4 Å². The molecule has 2 bridgehead atoms. The van der Waals surface area contributed by atoms with Gasteiger partial charge in [0.05, 0.1) is 0 Å². The summed E-state index contributed by atoms with van der Waals surface area (Å²) in [6.07, 6.45) is 4.91. The number of para-hydroxylation sites is 2. The number of anilines is 3. The molecule has 14 rings (SSSR count). The van der Waals surface area contributed by atoms with Crippen LogP contribution in [0.2, 0.25) is 0 Å². The first-order valence-corrected chi connectivity index (χ1v) is 21.8. The van der Waals surface area contributed by atoms with Crippen LogP contribution in [-0.4, -0.2) is 13.4 Å². The van der Waals surface area contributed by atoms with Crippen molar-refractivity contribution in [3.8, 4) is 33.4 Å². The molecule has 0 amide bonds. The van der Waals surface area contributed by atoms with E-state index in [0.717, 1.165) is 0 Å². The highest BCUT2D eigenvalue weighted by atomic mass is 15.2. The first kappa shape index (κ1) is 33.6. The Hall–Kier alpha value is -6.31. The molecule has 3 heteroatoms. The Morgan fingerprint density at radius 1 is 0.458 bits per heavy atom. The van der Waals surface area contributed by atoms with Crippen LogP contribution in [0.4, 0.5) is 17.1 Å². The molecule has 3 heterocycles. The molecule has 1 saturated carbocycles. The fraction of sp³-hybridized carbons (Fsp3) is 0.143. The molecule has 0 N–H and O–H groups in total. The maximum Gasteiger partial charge on any atom is 0.247 e. The van der Waals surface area contributed by atoms with Crippen molar-refractivity contribution >= 4 is 63.3 Å². The lowest BCUT2D eigenvalue weighted by Gasteiger charge is -2.58. The van der Waals surface area contributed by atoms with Gasteiger partial charge in [0.15, 0.2) is 0 Å². The summed E-state index contributed by atoms with van der Waals surface area (Å²) in [5.74, 6) is 0.573. The minimum atomic E-state index is -0.0261. The summed E-state index contributed by atoms with van der Waals surface area (Å²) in [6.45, 7) is 4.83. The van der Waals surface area contributed by atoms with E-state index in [0.29, 0.717) is 5.92 Å². The van der Waals surface area contributed by atoms with Crippen LogP contribution in [0.3, 0.4) is 0 Å². The first-order valence-electron chi connectivity index (χ1n) is 21.8. The van der Waals surface area contributed by atoms with E-state index in [-0.39, 0.29) is 18.8 Å². The SMILES string of the molecule is Cc1cccc(-c2ccccc2)c1B1c2cccc3c2N2c4c1cccc4C14CCC(CC1)c1c(-c5ccccc5)cc(c2c14)B3c1c(C)cccc1-c1ccccc1. The van der Waals surface area contributed by atoms with Crippen LogP contribution >= 0.6 is 0 Å². The lowest BCUT2D eigenvalue weighted by molar-refractivity contribution is 0.279. The van der Waals surface area contributed by atoms with Crippen LogP contribution in [0.1, 0.15) is 59.4 Å². The minimum Gasteiger partial charge on any atom is -0.312 e. The van der Waals surface area contributed by atoms with Crippen molar-refractivity contribution in [3.63, 3.8) is 0 Å². The zero-order valence-corrected chi connectivity index (χ0v) is 33.7. The Morgan fingerprint density at radius 3 is 1.49 bits per heavy atom. The van der Waals surface area contributed by atoms with Gasteiger partial charge in [0, 0.05) is 22.5 Å². The van der Waals surface area contributed by atoms with Crippen LogP contribution in [0.5, 0.6) is 0 Å². The van der Waals surface area contributed by atoms with E-state index in [9.17, 15) is 0 Å². The summed E-state index contributed by atoms with van der Waals surface area (Å²) in [5, 5.41) is 0. The second-order valence-electron chi connectivity index (χ2n) is 17.9. The second kappa shape index (κ2) is 12.4. The maximum absolute atomic E-state index is 2.82. The Labute approximate surface area is 348 Å². The molecule has 1 nitrogen and oxygen atoms in total. The monoisotopic (exact) mass is 751 g/mol. The number of rotatable bonds is 5. The van der Waals surface area contributed by atoms with Gasteiger partial charge in [-0.05, 0) is 117 Å². The van der Waals surface area contributed by atoms with Gasteiger partial charge >= 0.3 is 0 Å². The molecule has 6 aliphatic rings. The third-order valence-electron chi connectivity index (χ3n) is 15.2. The highest BCUT2D eigenvalue weighted by Crippen LogP contribution is 2.66. The summed E-state index contributed by atoms with van der Waals surface area (Å²) >= 11 is 0. The average Bonchev–Trinajstić information content (AvgIpc) is 3.30. The number of aryl methyl sites for hydroxylation is 2. The van der Waals surface area contributed by atoms with E-state index in [4.69, 9.17) is 0 Å². The largest absolute Gasteiger partial charge is 0.312 e. The number of fused-ring (bicyclic) bond motifs is 2. The van der Waals surface area contributed by atoms with E-state index in [1.165, 1.54) is 120 Å². The molecule has 1 fully saturated rings. The van der Waals surface area contributed by atoms with Crippen molar-refractivity contribution in [2.24, 2.45) is 0 Å². The molecule has 59 heavy (non-hydrogen) atoms. The Morgan fingerprint density at radius 2 is 0.932 bits per heavy atom. The van der Waals surface area contributed by atoms with E-state index in [1.54, 1.807) is 16.7 Å². The molecule has 3 aliphatic carbocycles. The van der Waals surface area contributed by atoms with Crippen molar-refractivity contribution in [2.75, 3.05) is 4.90 Å². The third kappa shape index (κ3) is 4.43. The van der Waals surface area contributed by atoms with Gasteiger partial charge in [-0.2, -0.15) is 0 Å². The molecule has 0 radical (unpaired) electrons. The fourth-order valence-electron chi connectivity index (χ4n) is 12.9. The zero-order chi connectivity index (χ0) is 39.0. The van der Waals surface area contributed by atoms with Crippen molar-refractivity contribution in [2.45, 2.75) is 50.9 Å². The second-order valence-corrected chi connectivity index (χ2v) is 17.9. The van der Waals surface area contributed by atoms with E-state index >= 15 is 0 Å². The van der Waals surface area contributed by atoms with Gasteiger partial charge in [-0.1, -0.05) is 192 Å². The van der Waals surface area contributed by atoms with Gasteiger partial charge in [0.25, 0.3) is 0 Å². The predicted molar refractivity (Wildman–Crippen MR) is 251 cm³/mol. The molecule has 1 spiro atoms. The lowest BCUT2D eigenvalue weighted by atomic mass is 9.28. The van der Waals surface area contributed by atoms with E-state index in [2.05, 4.69) is 189 Å². The van der Waals surface area contributed by atoms with Crippen LogP contribution in [0, 0.1) is 13.8 Å². The van der Waals surface area contributed by atoms with Crippen molar-refractivity contribution in [3.05, 3.63) is 198 Å². The third-order valence-corrected chi connectivity index (χ3v) is 15.2. The topological polar surface area (TPSA) is 3.24 Å². The van der Waals surface area contributed by atoms with Gasteiger partial charge < -0.3 is 4.90 Å². The molecule has 0 unspecified atom stereocenters. The summed E-state index contributed by atoms with van der Waals surface area (Å²) < 4.78 is 0. The maximum atomic E-state index is 2.82. The molecule has 8 aromatic rings. The molecule has 0 aromatic heterocycles. The lowest BCUT2D eigenvalue weighted by Crippen LogP contribution is -2.67. The molecule has 8 aromatic carbocycles. The Balaban J connectivity index is 1.20. The van der Waals surface area contributed by atoms with Crippen LogP contribution < -0.4 is 37.7 Å². The summed E-state index contributed by atoms with van der Waals surface area (Å²) in [7, 11) is 0. The van der Waals surface area contributed by atoms with Crippen LogP contribution in [-0.2, 0) is 5.41 Å². The quantitative estimate of drug-likeness (QED) is 0.159. The summed E-state index contributed by atoms with van der Waals surface area (Å²) in [6, 6.07) is 65.0. The van der Waals surface area contributed by atoms with Gasteiger partial charge in [0.1, 0.15) is 0 Å². The molecular weight excluding hydrogens is 708 g/mol. The fourth-order valence-corrected chi connectivity index (χ4v) is 12.9. The highest BCUT2D eigenvalue weighted by molar-refractivity contribution is 7.03. The molecular formula is C56H43B2N.